The van der Waals surface area contributed by atoms with Crippen LogP contribution in [-0.2, 0) is 30.0 Å². The standard InChI is InChI=1S/C22H21F3O5S/c1-16-6-12-19(13-7-16)31(26,27)30-21-14-15-28-20(29-21)5-3-2-4-17-8-10-18(11-9-17)22(23,24)25/h2-13,20-21H,14-15H2,1H3/b4-2+,5-3+/t20-,21+/m0/s1. The number of benzene rings is 2. The average molecular weight is 454 g/mol. The van der Waals surface area contributed by atoms with Crippen molar-refractivity contribution in [1.82, 2.24) is 0 Å². The summed E-state index contributed by atoms with van der Waals surface area (Å²) >= 11 is 0. The van der Waals surface area contributed by atoms with Crippen LogP contribution in [-0.4, -0.2) is 27.6 Å². The molecule has 1 heterocycles. The van der Waals surface area contributed by atoms with Gasteiger partial charge >= 0.3 is 6.18 Å². The molecule has 9 heteroatoms. The van der Waals surface area contributed by atoms with Gasteiger partial charge in [0.2, 0.25) is 0 Å². The van der Waals surface area contributed by atoms with E-state index in [0.717, 1.165) is 17.7 Å². The largest absolute Gasteiger partial charge is 0.416 e. The van der Waals surface area contributed by atoms with Gasteiger partial charge in [0.15, 0.2) is 12.6 Å². The first-order chi connectivity index (χ1) is 14.6. The van der Waals surface area contributed by atoms with E-state index in [1.807, 2.05) is 6.92 Å². The van der Waals surface area contributed by atoms with Crippen LogP contribution >= 0.6 is 0 Å². The van der Waals surface area contributed by atoms with Gasteiger partial charge in [-0.05, 0) is 42.8 Å². The van der Waals surface area contributed by atoms with Crippen molar-refractivity contribution in [2.24, 2.45) is 0 Å². The molecule has 2 aromatic carbocycles. The second kappa shape index (κ2) is 9.78. The van der Waals surface area contributed by atoms with Crippen LogP contribution in [0.2, 0.25) is 0 Å². The van der Waals surface area contributed by atoms with E-state index in [1.54, 1.807) is 36.4 Å². The molecule has 1 fully saturated rings. The number of aryl methyl sites for hydroxylation is 1. The van der Waals surface area contributed by atoms with Gasteiger partial charge in [-0.15, -0.1) is 0 Å². The monoisotopic (exact) mass is 454 g/mol. The Bertz CT molecular complexity index is 1030. The average Bonchev–Trinajstić information content (AvgIpc) is 2.71. The van der Waals surface area contributed by atoms with Crippen LogP contribution in [0.4, 0.5) is 13.2 Å². The summed E-state index contributed by atoms with van der Waals surface area (Å²) in [7, 11) is -3.97. The molecular formula is C22H21F3O5S. The summed E-state index contributed by atoms with van der Waals surface area (Å²) in [6.07, 6.45) is 0.448. The van der Waals surface area contributed by atoms with E-state index >= 15 is 0 Å². The molecule has 31 heavy (non-hydrogen) atoms. The molecule has 0 saturated carbocycles. The van der Waals surface area contributed by atoms with Gasteiger partial charge in [-0.1, -0.05) is 48.1 Å². The Balaban J connectivity index is 1.55. The summed E-state index contributed by atoms with van der Waals surface area (Å²) in [5.74, 6) is 0. The Morgan fingerprint density at radius 3 is 2.35 bits per heavy atom. The van der Waals surface area contributed by atoms with Crippen LogP contribution in [0.5, 0.6) is 0 Å². The Hall–Kier alpha value is -2.46. The van der Waals surface area contributed by atoms with Crippen molar-refractivity contribution >= 4 is 16.2 Å². The highest BCUT2D eigenvalue weighted by Gasteiger charge is 2.30. The minimum absolute atomic E-state index is 0.0414. The second-order valence-electron chi connectivity index (χ2n) is 6.82. The van der Waals surface area contributed by atoms with Crippen molar-refractivity contribution in [2.75, 3.05) is 6.61 Å². The first kappa shape index (κ1) is 23.2. The zero-order valence-electron chi connectivity index (χ0n) is 16.6. The fourth-order valence-corrected chi connectivity index (χ4v) is 3.72. The molecule has 0 amide bonds. The van der Waals surface area contributed by atoms with E-state index in [9.17, 15) is 21.6 Å². The lowest BCUT2D eigenvalue weighted by molar-refractivity contribution is -0.239. The quantitative estimate of drug-likeness (QED) is 0.450. The van der Waals surface area contributed by atoms with E-state index in [2.05, 4.69) is 0 Å². The lowest BCUT2D eigenvalue weighted by Crippen LogP contribution is -2.34. The van der Waals surface area contributed by atoms with Crippen LogP contribution in [0.25, 0.3) is 6.08 Å². The number of ether oxygens (including phenoxy) is 2. The molecule has 0 aliphatic carbocycles. The van der Waals surface area contributed by atoms with Crippen LogP contribution in [0.1, 0.15) is 23.1 Å². The summed E-state index contributed by atoms with van der Waals surface area (Å²) in [6, 6.07) is 11.0. The van der Waals surface area contributed by atoms with Gasteiger partial charge in [0.25, 0.3) is 10.1 Å². The predicted molar refractivity (Wildman–Crippen MR) is 108 cm³/mol. The second-order valence-corrected chi connectivity index (χ2v) is 8.39. The molecule has 166 valence electrons. The Kier molecular flexibility index (Phi) is 7.32. The first-order valence-corrected chi connectivity index (χ1v) is 10.8. The van der Waals surface area contributed by atoms with Gasteiger partial charge in [0.05, 0.1) is 17.1 Å². The molecule has 0 bridgehead atoms. The van der Waals surface area contributed by atoms with Gasteiger partial charge in [-0.3, -0.25) is 0 Å². The van der Waals surface area contributed by atoms with Crippen molar-refractivity contribution in [2.45, 2.75) is 37.0 Å². The van der Waals surface area contributed by atoms with E-state index in [0.29, 0.717) is 5.56 Å². The minimum atomic E-state index is -4.37. The lowest BCUT2D eigenvalue weighted by atomic mass is 10.1. The molecule has 2 aromatic rings. The van der Waals surface area contributed by atoms with Crippen molar-refractivity contribution < 1.29 is 35.2 Å². The molecule has 1 aliphatic heterocycles. The van der Waals surface area contributed by atoms with Crippen LogP contribution < -0.4 is 0 Å². The third-order valence-electron chi connectivity index (χ3n) is 4.37. The SMILES string of the molecule is Cc1ccc(S(=O)(=O)O[C@@H]2CCO[C@H](/C=C/C=C/c3ccc(C(F)(F)F)cc3)O2)cc1. The highest BCUT2D eigenvalue weighted by molar-refractivity contribution is 7.86. The van der Waals surface area contributed by atoms with E-state index in [-0.39, 0.29) is 17.9 Å². The molecule has 0 unspecified atom stereocenters. The summed E-state index contributed by atoms with van der Waals surface area (Å²) in [5.41, 5.74) is 0.806. The number of allylic oxidation sites excluding steroid dienone is 2. The molecule has 1 saturated heterocycles. The van der Waals surface area contributed by atoms with Crippen molar-refractivity contribution in [1.29, 1.82) is 0 Å². The van der Waals surface area contributed by atoms with Gasteiger partial charge in [0, 0.05) is 6.42 Å². The highest BCUT2D eigenvalue weighted by Crippen LogP contribution is 2.29. The number of rotatable bonds is 6. The van der Waals surface area contributed by atoms with Crippen molar-refractivity contribution in [3.63, 3.8) is 0 Å². The summed E-state index contributed by atoms with van der Waals surface area (Å²) < 4.78 is 78.6. The maximum atomic E-state index is 12.6. The van der Waals surface area contributed by atoms with E-state index in [1.165, 1.54) is 24.3 Å². The number of hydrogen-bond donors (Lipinski definition) is 0. The fraction of sp³-hybridized carbons (Fsp3) is 0.273. The smallest absolute Gasteiger partial charge is 0.349 e. The zero-order valence-corrected chi connectivity index (χ0v) is 17.4. The topological polar surface area (TPSA) is 61.8 Å². The summed E-state index contributed by atoms with van der Waals surface area (Å²) in [6.45, 7) is 2.09. The molecule has 0 radical (unpaired) electrons. The molecule has 0 aromatic heterocycles. The molecule has 0 spiro atoms. The Morgan fingerprint density at radius 1 is 1.03 bits per heavy atom. The van der Waals surface area contributed by atoms with Crippen LogP contribution in [0.3, 0.4) is 0 Å². The Morgan fingerprint density at radius 2 is 1.71 bits per heavy atom. The maximum Gasteiger partial charge on any atom is 0.416 e. The number of alkyl halides is 3. The molecule has 1 aliphatic rings. The lowest BCUT2D eigenvalue weighted by Gasteiger charge is -2.27. The highest BCUT2D eigenvalue weighted by atomic mass is 32.2. The summed E-state index contributed by atoms with van der Waals surface area (Å²) in [4.78, 5) is 0.0414. The van der Waals surface area contributed by atoms with Gasteiger partial charge in [-0.25, -0.2) is 4.18 Å². The Labute approximate surface area is 178 Å². The van der Waals surface area contributed by atoms with Gasteiger partial charge in [0.1, 0.15) is 0 Å². The third kappa shape index (κ3) is 6.76. The van der Waals surface area contributed by atoms with Gasteiger partial charge in [-0.2, -0.15) is 21.6 Å². The van der Waals surface area contributed by atoms with Crippen LogP contribution in [0, 0.1) is 6.92 Å². The molecule has 3 rings (SSSR count). The maximum absolute atomic E-state index is 12.6. The van der Waals surface area contributed by atoms with Crippen molar-refractivity contribution in [3.05, 3.63) is 83.4 Å². The number of halogens is 3. The molecular weight excluding hydrogens is 433 g/mol. The van der Waals surface area contributed by atoms with Crippen molar-refractivity contribution in [3.8, 4) is 0 Å². The zero-order chi connectivity index (χ0) is 22.5. The van der Waals surface area contributed by atoms with Crippen LogP contribution in [0.15, 0.2) is 71.7 Å². The fourth-order valence-electron chi connectivity index (χ4n) is 2.72. The first-order valence-electron chi connectivity index (χ1n) is 9.43. The predicted octanol–water partition coefficient (Wildman–Crippen LogP) is 5.08. The molecule has 2 atom stereocenters. The van der Waals surface area contributed by atoms with E-state index in [4.69, 9.17) is 13.7 Å². The van der Waals surface area contributed by atoms with Gasteiger partial charge < -0.3 is 9.47 Å². The normalized spacial score (nSPS) is 20.5. The third-order valence-corrected chi connectivity index (χ3v) is 5.69. The molecule has 5 nitrogen and oxygen atoms in total. The summed E-state index contributed by atoms with van der Waals surface area (Å²) in [5, 5.41) is 0. The van der Waals surface area contributed by atoms with E-state index < -0.39 is 34.4 Å². The number of hydrogen-bond acceptors (Lipinski definition) is 5. The molecule has 0 N–H and O–H groups in total. The minimum Gasteiger partial charge on any atom is -0.349 e.